The maximum Gasteiger partial charge on any atom is 0.196 e. The van der Waals surface area contributed by atoms with Gasteiger partial charge >= 0.3 is 0 Å². The van der Waals surface area contributed by atoms with Crippen LogP contribution in [0, 0.1) is 17.3 Å². The fourth-order valence-corrected chi connectivity index (χ4v) is 6.44. The fourth-order valence-electron chi connectivity index (χ4n) is 6.44. The van der Waals surface area contributed by atoms with Gasteiger partial charge < -0.3 is 5.11 Å². The van der Waals surface area contributed by atoms with Gasteiger partial charge in [-0.05, 0) is 85.0 Å². The molecule has 0 unspecified atom stereocenters. The van der Waals surface area contributed by atoms with Crippen molar-refractivity contribution in [2.24, 2.45) is 17.3 Å². The molecule has 2 aromatic carbocycles. The van der Waals surface area contributed by atoms with Crippen LogP contribution in [-0.2, 0) is 6.42 Å². The Kier molecular flexibility index (Phi) is 4.01. The summed E-state index contributed by atoms with van der Waals surface area (Å²) < 4.78 is 0. The van der Waals surface area contributed by atoms with Crippen LogP contribution in [0.5, 0.6) is 5.75 Å². The second-order valence-corrected chi connectivity index (χ2v) is 9.28. The van der Waals surface area contributed by atoms with Gasteiger partial charge in [0.15, 0.2) is 5.78 Å². The molecule has 0 radical (unpaired) electrons. The molecule has 2 fully saturated rings. The first-order valence-electron chi connectivity index (χ1n) is 10.6. The average Bonchev–Trinajstić information content (AvgIpc) is 3.02. The molecule has 2 saturated carbocycles. The van der Waals surface area contributed by atoms with E-state index in [0.717, 1.165) is 12.8 Å². The average molecular weight is 373 g/mol. The van der Waals surface area contributed by atoms with Crippen LogP contribution in [0.25, 0.3) is 0 Å². The number of rotatable bonds is 2. The molecule has 0 bridgehead atoms. The second kappa shape index (κ2) is 6.34. The predicted octanol–water partition coefficient (Wildman–Crippen LogP) is 6.04. The molecule has 2 aromatic rings. The number of aromatic hydroxyl groups is 1. The van der Waals surface area contributed by atoms with Crippen LogP contribution in [0.2, 0.25) is 0 Å². The zero-order valence-electron chi connectivity index (χ0n) is 16.6. The Labute approximate surface area is 167 Å². The Balaban J connectivity index is 1.54. The summed E-state index contributed by atoms with van der Waals surface area (Å²) in [5, 5.41) is 10.6. The summed E-state index contributed by atoms with van der Waals surface area (Å²) in [4.78, 5) is 13.0. The van der Waals surface area contributed by atoms with Crippen LogP contribution in [0.1, 0.15) is 72.0 Å². The van der Waals surface area contributed by atoms with Crippen molar-refractivity contribution >= 4 is 5.78 Å². The Hall–Kier alpha value is -2.35. The van der Waals surface area contributed by atoms with Gasteiger partial charge in [0.1, 0.15) is 5.75 Å². The molecule has 0 aromatic heterocycles. The molecular formula is C26H28O2. The van der Waals surface area contributed by atoms with Gasteiger partial charge in [0.2, 0.25) is 0 Å². The number of fused-ring (bicyclic) bond motifs is 5. The minimum atomic E-state index is -0.0853. The number of hydrogen-bond acceptors (Lipinski definition) is 2. The number of hydrogen-bond donors (Lipinski definition) is 1. The van der Waals surface area contributed by atoms with Gasteiger partial charge in [-0.15, -0.1) is 0 Å². The number of allylic oxidation sites excluding steroid dienone is 1. The highest BCUT2D eigenvalue weighted by atomic mass is 16.3. The van der Waals surface area contributed by atoms with Crippen LogP contribution in [-0.4, -0.2) is 10.9 Å². The number of carbonyl (C=O) groups is 1. The minimum absolute atomic E-state index is 0.0853. The van der Waals surface area contributed by atoms with Crippen molar-refractivity contribution in [3.05, 3.63) is 76.9 Å². The molecule has 3 aliphatic carbocycles. The van der Waals surface area contributed by atoms with Crippen molar-refractivity contribution in [3.63, 3.8) is 0 Å². The number of carbonyl (C=O) groups excluding carboxylic acids is 1. The number of phenolic OH excluding ortho intramolecular Hbond substituents is 1. The molecule has 144 valence electrons. The van der Waals surface area contributed by atoms with Crippen molar-refractivity contribution in [1.29, 1.82) is 0 Å². The predicted molar refractivity (Wildman–Crippen MR) is 112 cm³/mol. The van der Waals surface area contributed by atoms with Gasteiger partial charge in [0.05, 0.1) is 5.56 Å². The van der Waals surface area contributed by atoms with E-state index in [1.54, 1.807) is 0 Å². The maximum atomic E-state index is 13.0. The highest BCUT2D eigenvalue weighted by Gasteiger charge is 2.52. The third-order valence-electron chi connectivity index (χ3n) is 8.08. The van der Waals surface area contributed by atoms with E-state index in [2.05, 4.69) is 13.5 Å². The summed E-state index contributed by atoms with van der Waals surface area (Å²) in [5.41, 5.74) is 5.39. The van der Waals surface area contributed by atoms with Crippen LogP contribution in [0.4, 0.5) is 0 Å². The molecule has 0 heterocycles. The van der Waals surface area contributed by atoms with E-state index in [4.69, 9.17) is 0 Å². The van der Waals surface area contributed by atoms with E-state index < -0.39 is 0 Å². The normalized spacial score (nSPS) is 31.0. The van der Waals surface area contributed by atoms with Crippen molar-refractivity contribution in [2.45, 2.75) is 51.4 Å². The third kappa shape index (κ3) is 2.50. The van der Waals surface area contributed by atoms with Crippen LogP contribution < -0.4 is 0 Å². The molecule has 4 atom stereocenters. The fraction of sp³-hybridized carbons (Fsp3) is 0.423. The monoisotopic (exact) mass is 372 g/mol. The number of ketones is 1. The lowest BCUT2D eigenvalue weighted by Crippen LogP contribution is -2.40. The summed E-state index contributed by atoms with van der Waals surface area (Å²) in [7, 11) is 0. The zero-order chi connectivity index (χ0) is 19.5. The van der Waals surface area contributed by atoms with Crippen LogP contribution in [0.3, 0.4) is 0 Å². The Morgan fingerprint density at radius 3 is 2.68 bits per heavy atom. The topological polar surface area (TPSA) is 37.3 Å². The lowest BCUT2D eigenvalue weighted by Gasteiger charge is -2.49. The first kappa shape index (κ1) is 17.7. The van der Waals surface area contributed by atoms with Gasteiger partial charge in [-0.3, -0.25) is 4.79 Å². The Morgan fingerprint density at radius 2 is 1.89 bits per heavy atom. The molecule has 1 N–H and O–H groups in total. The van der Waals surface area contributed by atoms with Crippen LogP contribution >= 0.6 is 0 Å². The SMILES string of the molecule is C=C1CC[C@H]2[C@@H]3CCc4cc(O)c(C(=O)c5ccccc5)cc4[C@H]3CC[C@]12C. The quantitative estimate of drug-likeness (QED) is 0.516. The van der Waals surface area contributed by atoms with Gasteiger partial charge in [-0.2, -0.15) is 0 Å². The maximum absolute atomic E-state index is 13.0. The number of benzene rings is 2. The van der Waals surface area contributed by atoms with E-state index in [0.29, 0.717) is 34.3 Å². The largest absolute Gasteiger partial charge is 0.507 e. The molecule has 3 aliphatic rings. The van der Waals surface area contributed by atoms with Crippen molar-refractivity contribution < 1.29 is 9.90 Å². The lowest BCUT2D eigenvalue weighted by molar-refractivity contribution is 0.0815. The van der Waals surface area contributed by atoms with Gasteiger partial charge in [0, 0.05) is 5.56 Å². The molecule has 0 spiro atoms. The van der Waals surface area contributed by atoms with Gasteiger partial charge in [0.25, 0.3) is 0 Å². The van der Waals surface area contributed by atoms with Crippen molar-refractivity contribution in [2.75, 3.05) is 0 Å². The molecule has 2 heteroatoms. The van der Waals surface area contributed by atoms with Crippen LogP contribution in [0.15, 0.2) is 54.6 Å². The second-order valence-electron chi connectivity index (χ2n) is 9.28. The minimum Gasteiger partial charge on any atom is -0.507 e. The van der Waals surface area contributed by atoms with E-state index >= 15 is 0 Å². The van der Waals surface area contributed by atoms with E-state index in [-0.39, 0.29) is 11.5 Å². The molecule has 28 heavy (non-hydrogen) atoms. The molecule has 0 aliphatic heterocycles. The first-order valence-corrected chi connectivity index (χ1v) is 10.6. The third-order valence-corrected chi connectivity index (χ3v) is 8.08. The van der Waals surface area contributed by atoms with Crippen molar-refractivity contribution in [1.82, 2.24) is 0 Å². The molecule has 0 amide bonds. The highest BCUT2D eigenvalue weighted by molar-refractivity contribution is 6.10. The molecule has 0 saturated heterocycles. The molecule has 2 nitrogen and oxygen atoms in total. The number of phenols is 1. The Morgan fingerprint density at radius 1 is 1.11 bits per heavy atom. The standard InChI is InChI=1S/C26H28O2/c1-16-8-11-23-20-10-9-18-14-24(27)22(25(28)17-6-4-3-5-7-17)15-21(18)19(20)12-13-26(16,23)2/h3-7,14-15,19-20,23,27H,1,8-13H2,2H3/t19-,20+,23-,26+/m0/s1. The van der Waals surface area contributed by atoms with Gasteiger partial charge in [-0.25, -0.2) is 0 Å². The highest BCUT2D eigenvalue weighted by Crippen LogP contribution is 2.62. The van der Waals surface area contributed by atoms with E-state index in [1.807, 2.05) is 42.5 Å². The summed E-state index contributed by atoms with van der Waals surface area (Å²) in [6, 6.07) is 13.2. The summed E-state index contributed by atoms with van der Waals surface area (Å²) in [5.74, 6) is 1.94. The van der Waals surface area contributed by atoms with Crippen molar-refractivity contribution in [3.8, 4) is 5.75 Å². The lowest BCUT2D eigenvalue weighted by atomic mass is 9.55. The molecular weight excluding hydrogens is 344 g/mol. The summed E-state index contributed by atoms with van der Waals surface area (Å²) in [6.45, 7) is 6.83. The molecule has 5 rings (SSSR count). The smallest absolute Gasteiger partial charge is 0.196 e. The van der Waals surface area contributed by atoms with E-state index in [1.165, 1.54) is 42.4 Å². The first-order chi connectivity index (χ1) is 13.5. The van der Waals surface area contributed by atoms with E-state index in [9.17, 15) is 9.90 Å². The Bertz CT molecular complexity index is 958. The zero-order valence-corrected chi connectivity index (χ0v) is 16.6. The van der Waals surface area contributed by atoms with Gasteiger partial charge in [-0.1, -0.05) is 49.4 Å². The number of aryl methyl sites for hydroxylation is 1. The summed E-state index contributed by atoms with van der Waals surface area (Å²) >= 11 is 0. The summed E-state index contributed by atoms with van der Waals surface area (Å²) in [6.07, 6.45) is 6.98.